The SMILES string of the molecule is CN(C)C(CCCOP)(N(C)C)N(C)C. The van der Waals surface area contributed by atoms with Crippen molar-refractivity contribution in [2.24, 2.45) is 0 Å². The van der Waals surface area contributed by atoms with Crippen molar-refractivity contribution in [3.05, 3.63) is 0 Å². The second-order valence-electron chi connectivity index (χ2n) is 4.43. The average molecular weight is 235 g/mol. The van der Waals surface area contributed by atoms with Crippen LogP contribution >= 0.6 is 9.47 Å². The first-order valence-electron chi connectivity index (χ1n) is 5.23. The first-order chi connectivity index (χ1) is 6.89. The highest BCUT2D eigenvalue weighted by atomic mass is 31.0. The standard InChI is InChI=1S/C10H26N3OP/c1-11(2)10(12(3)4,13(5)6)8-7-9-14-15/h7-9,15H2,1-6H3. The molecule has 0 heterocycles. The van der Waals surface area contributed by atoms with Gasteiger partial charge in [-0.25, -0.2) is 0 Å². The molecule has 0 aromatic rings. The lowest BCUT2D eigenvalue weighted by molar-refractivity contribution is -0.116. The predicted molar refractivity (Wildman–Crippen MR) is 68.7 cm³/mol. The quantitative estimate of drug-likeness (QED) is 0.371. The van der Waals surface area contributed by atoms with Crippen LogP contribution in [0.1, 0.15) is 12.8 Å². The Morgan fingerprint density at radius 1 is 0.933 bits per heavy atom. The maximum absolute atomic E-state index is 5.04. The Kier molecular flexibility index (Phi) is 6.89. The summed E-state index contributed by atoms with van der Waals surface area (Å²) < 4.78 is 5.04. The van der Waals surface area contributed by atoms with Gasteiger partial charge in [0.15, 0.2) is 0 Å². The van der Waals surface area contributed by atoms with Crippen LogP contribution in [0.25, 0.3) is 0 Å². The minimum Gasteiger partial charge on any atom is -0.366 e. The fraction of sp³-hybridized carbons (Fsp3) is 1.00. The maximum atomic E-state index is 5.04. The summed E-state index contributed by atoms with van der Waals surface area (Å²) in [5.74, 6) is -0.0385. The van der Waals surface area contributed by atoms with Crippen molar-refractivity contribution in [2.45, 2.75) is 18.6 Å². The van der Waals surface area contributed by atoms with E-state index in [0.29, 0.717) is 0 Å². The summed E-state index contributed by atoms with van der Waals surface area (Å²) in [5, 5.41) is 0. The summed E-state index contributed by atoms with van der Waals surface area (Å²) in [6.45, 7) is 0.780. The molecule has 0 saturated heterocycles. The van der Waals surface area contributed by atoms with Crippen LogP contribution in [0.4, 0.5) is 0 Å². The van der Waals surface area contributed by atoms with E-state index in [1.807, 2.05) is 0 Å². The molecule has 0 fully saturated rings. The molecule has 0 aromatic carbocycles. The van der Waals surface area contributed by atoms with Crippen LogP contribution < -0.4 is 0 Å². The Morgan fingerprint density at radius 3 is 1.60 bits per heavy atom. The molecular formula is C10H26N3OP. The highest BCUT2D eigenvalue weighted by Gasteiger charge is 2.36. The van der Waals surface area contributed by atoms with Crippen LogP contribution in [0.5, 0.6) is 0 Å². The van der Waals surface area contributed by atoms with E-state index < -0.39 is 0 Å². The van der Waals surface area contributed by atoms with Crippen molar-refractivity contribution in [1.82, 2.24) is 14.7 Å². The molecule has 0 aliphatic carbocycles. The monoisotopic (exact) mass is 235 g/mol. The van der Waals surface area contributed by atoms with Gasteiger partial charge in [0.1, 0.15) is 5.79 Å². The smallest absolute Gasteiger partial charge is 0.129 e. The highest BCUT2D eigenvalue weighted by molar-refractivity contribution is 7.09. The van der Waals surface area contributed by atoms with Gasteiger partial charge in [-0.1, -0.05) is 0 Å². The number of nitrogens with zero attached hydrogens (tertiary/aromatic N) is 3. The van der Waals surface area contributed by atoms with E-state index in [4.69, 9.17) is 4.52 Å². The maximum Gasteiger partial charge on any atom is 0.129 e. The summed E-state index contributed by atoms with van der Waals surface area (Å²) in [4.78, 5) is 6.74. The zero-order valence-corrected chi connectivity index (χ0v) is 12.1. The van der Waals surface area contributed by atoms with Crippen LogP contribution in [0.2, 0.25) is 0 Å². The lowest BCUT2D eigenvalue weighted by Gasteiger charge is -2.50. The van der Waals surface area contributed by atoms with Gasteiger partial charge < -0.3 is 4.52 Å². The molecule has 5 heteroatoms. The molecule has 0 saturated carbocycles. The third kappa shape index (κ3) is 3.65. The third-order valence-electron chi connectivity index (χ3n) is 2.92. The molecule has 0 rings (SSSR count). The molecule has 0 spiro atoms. The number of hydrogen-bond acceptors (Lipinski definition) is 4. The first-order valence-corrected chi connectivity index (χ1v) is 5.70. The normalized spacial score (nSPS) is 13.2. The molecular weight excluding hydrogens is 209 g/mol. The molecule has 0 amide bonds. The van der Waals surface area contributed by atoms with E-state index in [1.165, 1.54) is 0 Å². The second kappa shape index (κ2) is 6.77. The van der Waals surface area contributed by atoms with Gasteiger partial charge in [0, 0.05) is 9.47 Å². The van der Waals surface area contributed by atoms with Gasteiger partial charge in [-0.15, -0.1) is 0 Å². The molecule has 4 nitrogen and oxygen atoms in total. The lowest BCUT2D eigenvalue weighted by atomic mass is 10.1. The molecule has 0 radical (unpaired) electrons. The van der Waals surface area contributed by atoms with E-state index in [0.717, 1.165) is 19.4 Å². The summed E-state index contributed by atoms with van der Waals surface area (Å²) in [6.07, 6.45) is 2.09. The molecule has 0 aromatic heterocycles. The van der Waals surface area contributed by atoms with Crippen molar-refractivity contribution < 1.29 is 4.52 Å². The number of rotatable bonds is 7. The zero-order valence-electron chi connectivity index (χ0n) is 10.9. The Labute approximate surface area is 96.8 Å². The van der Waals surface area contributed by atoms with Crippen LogP contribution in [-0.4, -0.2) is 69.4 Å². The molecule has 0 bridgehead atoms. The summed E-state index contributed by atoms with van der Waals surface area (Å²) in [6, 6.07) is 0. The molecule has 0 aliphatic rings. The second-order valence-corrected chi connectivity index (χ2v) is 4.77. The van der Waals surface area contributed by atoms with Crippen molar-refractivity contribution in [2.75, 3.05) is 48.9 Å². The molecule has 0 aliphatic heterocycles. The summed E-state index contributed by atoms with van der Waals surface area (Å²) >= 11 is 0. The minimum absolute atomic E-state index is 0.0385. The van der Waals surface area contributed by atoms with E-state index in [-0.39, 0.29) is 5.79 Å². The van der Waals surface area contributed by atoms with Gasteiger partial charge in [-0.3, -0.25) is 14.7 Å². The van der Waals surface area contributed by atoms with E-state index in [1.54, 1.807) is 0 Å². The summed E-state index contributed by atoms with van der Waals surface area (Å²) in [5.41, 5.74) is 0. The van der Waals surface area contributed by atoms with Crippen LogP contribution in [0, 0.1) is 0 Å². The van der Waals surface area contributed by atoms with Crippen LogP contribution in [0.3, 0.4) is 0 Å². The van der Waals surface area contributed by atoms with Gasteiger partial charge in [0.2, 0.25) is 0 Å². The van der Waals surface area contributed by atoms with Crippen LogP contribution in [0.15, 0.2) is 0 Å². The van der Waals surface area contributed by atoms with Gasteiger partial charge in [-0.2, -0.15) is 0 Å². The Morgan fingerprint density at radius 2 is 1.33 bits per heavy atom. The Hall–Kier alpha value is 0.270. The van der Waals surface area contributed by atoms with Crippen molar-refractivity contribution in [1.29, 1.82) is 0 Å². The van der Waals surface area contributed by atoms with Crippen molar-refractivity contribution in [3.8, 4) is 0 Å². The van der Waals surface area contributed by atoms with Crippen LogP contribution in [-0.2, 0) is 4.52 Å². The van der Waals surface area contributed by atoms with Gasteiger partial charge in [-0.05, 0) is 55.1 Å². The highest BCUT2D eigenvalue weighted by Crippen LogP contribution is 2.24. The molecule has 92 valence electrons. The van der Waals surface area contributed by atoms with E-state index >= 15 is 0 Å². The Balaban J connectivity index is 4.65. The lowest BCUT2D eigenvalue weighted by Crippen LogP contribution is -2.64. The van der Waals surface area contributed by atoms with Gasteiger partial charge >= 0.3 is 0 Å². The van der Waals surface area contributed by atoms with E-state index in [2.05, 4.69) is 66.5 Å². The fourth-order valence-corrected chi connectivity index (χ4v) is 2.43. The van der Waals surface area contributed by atoms with Crippen molar-refractivity contribution in [3.63, 3.8) is 0 Å². The largest absolute Gasteiger partial charge is 0.366 e. The molecule has 1 atom stereocenters. The number of hydrogen-bond donors (Lipinski definition) is 0. The fourth-order valence-electron chi connectivity index (χ4n) is 2.26. The predicted octanol–water partition coefficient (Wildman–Crippen LogP) is 0.912. The summed E-state index contributed by atoms with van der Waals surface area (Å²) in [7, 11) is 15.0. The van der Waals surface area contributed by atoms with E-state index in [9.17, 15) is 0 Å². The first kappa shape index (κ1) is 15.3. The van der Waals surface area contributed by atoms with Gasteiger partial charge in [0.25, 0.3) is 0 Å². The molecule has 1 unspecified atom stereocenters. The average Bonchev–Trinajstić information content (AvgIpc) is 2.10. The molecule has 15 heavy (non-hydrogen) atoms. The zero-order chi connectivity index (χ0) is 12.1. The Bertz CT molecular complexity index is 152. The van der Waals surface area contributed by atoms with Gasteiger partial charge in [0.05, 0.1) is 6.61 Å². The minimum atomic E-state index is -0.0385. The molecule has 0 N–H and O–H groups in total. The third-order valence-corrected chi connectivity index (χ3v) is 3.16. The van der Waals surface area contributed by atoms with Crippen molar-refractivity contribution >= 4 is 9.47 Å². The topological polar surface area (TPSA) is 19.0 Å².